The van der Waals surface area contributed by atoms with E-state index in [0.29, 0.717) is 11.3 Å². The molecule has 1 aromatic rings. The van der Waals surface area contributed by atoms with E-state index >= 15 is 0 Å². The third-order valence-electron chi connectivity index (χ3n) is 2.42. The highest BCUT2D eigenvalue weighted by Gasteiger charge is 2.29. The zero-order valence-electron chi connectivity index (χ0n) is 8.29. The van der Waals surface area contributed by atoms with Gasteiger partial charge < -0.3 is 5.32 Å². The van der Waals surface area contributed by atoms with Gasteiger partial charge in [-0.25, -0.2) is 17.9 Å². The molecule has 15 heavy (non-hydrogen) atoms. The Labute approximate surface area is 87.5 Å². The van der Waals surface area contributed by atoms with Crippen LogP contribution in [0.15, 0.2) is 17.0 Å². The molecule has 2 amide bonds. The fraction of sp³-hybridized carbons (Fsp3) is 0.222. The van der Waals surface area contributed by atoms with Crippen molar-refractivity contribution < 1.29 is 13.2 Å². The fourth-order valence-corrected chi connectivity index (χ4v) is 2.93. The Morgan fingerprint density at radius 3 is 2.53 bits per heavy atom. The summed E-state index contributed by atoms with van der Waals surface area (Å²) in [6.45, 7) is 3.53. The SMILES string of the molecule is Cc1ccc2c(c1C)S(=O)(=O)NC(=O)N2. The van der Waals surface area contributed by atoms with Crippen LogP contribution in [0.4, 0.5) is 10.5 Å². The van der Waals surface area contributed by atoms with E-state index in [9.17, 15) is 13.2 Å². The van der Waals surface area contributed by atoms with Gasteiger partial charge in [0.15, 0.2) is 0 Å². The van der Waals surface area contributed by atoms with Gasteiger partial charge >= 0.3 is 6.03 Å². The highest BCUT2D eigenvalue weighted by Crippen LogP contribution is 2.29. The van der Waals surface area contributed by atoms with Crippen LogP contribution in [-0.2, 0) is 10.0 Å². The summed E-state index contributed by atoms with van der Waals surface area (Å²) < 4.78 is 25.3. The second kappa shape index (κ2) is 2.96. The lowest BCUT2D eigenvalue weighted by molar-refractivity contribution is 0.256. The molecule has 1 aliphatic rings. The molecule has 6 heteroatoms. The van der Waals surface area contributed by atoms with Gasteiger partial charge in [-0.3, -0.25) is 0 Å². The molecular formula is C9H10N2O3S. The standard InChI is InChI=1S/C9H10N2O3S/c1-5-3-4-7-8(6(5)2)15(13,14)11-9(12)10-7/h3-4H,1-2H3,(H2,10,11,12). The van der Waals surface area contributed by atoms with Crippen LogP contribution in [0.3, 0.4) is 0 Å². The Hall–Kier alpha value is -1.56. The number of urea groups is 1. The summed E-state index contributed by atoms with van der Waals surface area (Å²) in [4.78, 5) is 11.2. The molecular weight excluding hydrogens is 216 g/mol. The van der Waals surface area contributed by atoms with Gasteiger partial charge in [0.2, 0.25) is 0 Å². The predicted molar refractivity (Wildman–Crippen MR) is 55.3 cm³/mol. The van der Waals surface area contributed by atoms with Crippen LogP contribution < -0.4 is 10.0 Å². The number of carbonyl (C=O) groups is 1. The lowest BCUT2D eigenvalue weighted by Gasteiger charge is -2.20. The van der Waals surface area contributed by atoms with E-state index < -0.39 is 16.1 Å². The molecule has 0 atom stereocenters. The Balaban J connectivity index is 2.80. The number of fused-ring (bicyclic) bond motifs is 1. The average molecular weight is 226 g/mol. The number of sulfonamides is 1. The second-order valence-electron chi connectivity index (χ2n) is 3.44. The molecule has 0 unspecified atom stereocenters. The Kier molecular flexibility index (Phi) is 1.97. The highest BCUT2D eigenvalue weighted by atomic mass is 32.2. The van der Waals surface area contributed by atoms with Crippen molar-refractivity contribution in [3.63, 3.8) is 0 Å². The van der Waals surface area contributed by atoms with Crippen molar-refractivity contribution in [2.24, 2.45) is 0 Å². The largest absolute Gasteiger partial charge is 0.333 e. The Bertz CT molecular complexity index is 549. The fourth-order valence-electron chi connectivity index (χ4n) is 1.56. The van der Waals surface area contributed by atoms with Crippen molar-refractivity contribution in [1.82, 2.24) is 4.72 Å². The summed E-state index contributed by atoms with van der Waals surface area (Å²) in [6.07, 6.45) is 0. The van der Waals surface area contributed by atoms with Crippen LogP contribution >= 0.6 is 0 Å². The molecule has 0 fully saturated rings. The minimum absolute atomic E-state index is 0.155. The first-order chi connectivity index (χ1) is 6.92. The van der Waals surface area contributed by atoms with Crippen LogP contribution in [0, 0.1) is 13.8 Å². The molecule has 1 aliphatic heterocycles. The van der Waals surface area contributed by atoms with Crippen LogP contribution in [0.2, 0.25) is 0 Å². The zero-order chi connectivity index (χ0) is 11.2. The minimum atomic E-state index is -3.71. The van der Waals surface area contributed by atoms with Crippen molar-refractivity contribution in [1.29, 1.82) is 0 Å². The number of hydrogen-bond acceptors (Lipinski definition) is 3. The summed E-state index contributed by atoms with van der Waals surface area (Å²) in [5.74, 6) is 0. The second-order valence-corrected chi connectivity index (χ2v) is 5.06. The molecule has 2 rings (SSSR count). The Morgan fingerprint density at radius 1 is 1.20 bits per heavy atom. The van der Waals surface area contributed by atoms with Crippen molar-refractivity contribution in [3.05, 3.63) is 23.3 Å². The van der Waals surface area contributed by atoms with Crippen LogP contribution in [0.5, 0.6) is 0 Å². The molecule has 1 aromatic carbocycles. The molecule has 5 nitrogen and oxygen atoms in total. The van der Waals surface area contributed by atoms with Crippen LogP contribution in [0.25, 0.3) is 0 Å². The molecule has 0 radical (unpaired) electrons. The van der Waals surface area contributed by atoms with E-state index in [1.165, 1.54) is 0 Å². The van der Waals surface area contributed by atoms with Crippen molar-refractivity contribution >= 4 is 21.7 Å². The first-order valence-corrected chi connectivity index (χ1v) is 5.84. The van der Waals surface area contributed by atoms with E-state index in [0.717, 1.165) is 5.56 Å². The number of rotatable bonds is 0. The van der Waals surface area contributed by atoms with Gasteiger partial charge in [-0.15, -0.1) is 0 Å². The number of carbonyl (C=O) groups excluding carboxylic acids is 1. The van der Waals surface area contributed by atoms with Crippen molar-refractivity contribution in [2.45, 2.75) is 18.7 Å². The van der Waals surface area contributed by atoms with E-state index in [4.69, 9.17) is 0 Å². The van der Waals surface area contributed by atoms with E-state index in [1.807, 2.05) is 11.6 Å². The smallest absolute Gasteiger partial charge is 0.306 e. The quantitative estimate of drug-likeness (QED) is 0.696. The van der Waals surface area contributed by atoms with E-state index in [1.54, 1.807) is 19.1 Å². The maximum Gasteiger partial charge on any atom is 0.333 e. The molecule has 0 bridgehead atoms. The maximum atomic E-state index is 11.7. The van der Waals surface area contributed by atoms with E-state index in [2.05, 4.69) is 5.32 Å². The summed E-state index contributed by atoms with van der Waals surface area (Å²) >= 11 is 0. The molecule has 0 saturated carbocycles. The monoisotopic (exact) mass is 226 g/mol. The lowest BCUT2D eigenvalue weighted by atomic mass is 10.1. The van der Waals surface area contributed by atoms with Gasteiger partial charge in [0, 0.05) is 0 Å². The third kappa shape index (κ3) is 1.46. The number of amides is 2. The molecule has 0 aliphatic carbocycles. The van der Waals surface area contributed by atoms with Gasteiger partial charge in [-0.2, -0.15) is 0 Å². The third-order valence-corrected chi connectivity index (χ3v) is 3.94. The number of hydrogen-bond donors (Lipinski definition) is 2. The Morgan fingerprint density at radius 2 is 1.87 bits per heavy atom. The van der Waals surface area contributed by atoms with Gasteiger partial charge in [0.05, 0.1) is 5.69 Å². The summed E-state index contributed by atoms with van der Waals surface area (Å²) in [5.41, 5.74) is 1.86. The normalized spacial score (nSPS) is 17.6. The van der Waals surface area contributed by atoms with Crippen LogP contribution in [0.1, 0.15) is 11.1 Å². The maximum absolute atomic E-state index is 11.7. The molecule has 0 spiro atoms. The number of benzene rings is 1. The van der Waals surface area contributed by atoms with Gasteiger partial charge in [-0.05, 0) is 31.0 Å². The first-order valence-electron chi connectivity index (χ1n) is 4.36. The number of aryl methyl sites for hydroxylation is 1. The predicted octanol–water partition coefficient (Wildman–Crippen LogP) is 1.13. The summed E-state index contributed by atoms with van der Waals surface area (Å²) in [5, 5.41) is 2.45. The summed E-state index contributed by atoms with van der Waals surface area (Å²) in [6, 6.07) is 2.65. The molecule has 0 saturated heterocycles. The topological polar surface area (TPSA) is 75.3 Å². The van der Waals surface area contributed by atoms with Gasteiger partial charge in [-0.1, -0.05) is 6.07 Å². The minimum Gasteiger partial charge on any atom is -0.306 e. The van der Waals surface area contributed by atoms with Gasteiger partial charge in [0.1, 0.15) is 4.90 Å². The zero-order valence-corrected chi connectivity index (χ0v) is 9.10. The lowest BCUT2D eigenvalue weighted by Crippen LogP contribution is -2.39. The van der Waals surface area contributed by atoms with Crippen LogP contribution in [-0.4, -0.2) is 14.4 Å². The molecule has 1 heterocycles. The molecule has 2 N–H and O–H groups in total. The molecule has 0 aromatic heterocycles. The number of anilines is 1. The first kappa shape index (κ1) is 9.97. The van der Waals surface area contributed by atoms with E-state index in [-0.39, 0.29) is 4.90 Å². The van der Waals surface area contributed by atoms with Gasteiger partial charge in [0.25, 0.3) is 10.0 Å². The highest BCUT2D eigenvalue weighted by molar-refractivity contribution is 7.90. The summed E-state index contributed by atoms with van der Waals surface area (Å²) in [7, 11) is -3.71. The average Bonchev–Trinajstić information content (AvgIpc) is 2.08. The van der Waals surface area contributed by atoms with Crippen molar-refractivity contribution in [2.75, 3.05) is 5.32 Å². The van der Waals surface area contributed by atoms with Crippen molar-refractivity contribution in [3.8, 4) is 0 Å². The molecule has 80 valence electrons. The number of nitrogens with one attached hydrogen (secondary N) is 2.